The molecule has 1 aliphatic rings. The minimum absolute atomic E-state index is 0.500. The van der Waals surface area contributed by atoms with E-state index in [0.29, 0.717) is 6.61 Å². The van der Waals surface area contributed by atoms with Crippen molar-refractivity contribution in [1.82, 2.24) is 15.3 Å². The van der Waals surface area contributed by atoms with Crippen LogP contribution in [-0.4, -0.2) is 23.6 Å². The van der Waals surface area contributed by atoms with Crippen molar-refractivity contribution in [1.29, 1.82) is 0 Å². The minimum atomic E-state index is 0.500. The Bertz CT molecular complexity index is 335. The second-order valence-corrected chi connectivity index (χ2v) is 3.73. The van der Waals surface area contributed by atoms with Gasteiger partial charge in [0.05, 0.1) is 5.69 Å². The van der Waals surface area contributed by atoms with Gasteiger partial charge in [-0.3, -0.25) is 0 Å². The van der Waals surface area contributed by atoms with Gasteiger partial charge in [0.25, 0.3) is 0 Å². The molecule has 4 heteroatoms. The molecule has 0 aliphatic carbocycles. The van der Waals surface area contributed by atoms with Crippen LogP contribution < -0.4 is 5.32 Å². The molecule has 0 fully saturated rings. The summed E-state index contributed by atoms with van der Waals surface area (Å²) in [6, 6.07) is 0. The van der Waals surface area contributed by atoms with Gasteiger partial charge in [0.15, 0.2) is 5.82 Å². The average Bonchev–Trinajstić information content (AvgIpc) is 2.28. The fourth-order valence-corrected chi connectivity index (χ4v) is 1.98. The van der Waals surface area contributed by atoms with Crippen LogP contribution in [0.2, 0.25) is 0 Å². The number of hydrogen-bond donors (Lipinski definition) is 1. The summed E-state index contributed by atoms with van der Waals surface area (Å²) in [6.07, 6.45) is 2.02. The lowest BCUT2D eigenvalue weighted by molar-refractivity contribution is 0.177. The monoisotopic (exact) mass is 207 g/mol. The van der Waals surface area contributed by atoms with Gasteiger partial charge >= 0.3 is 0 Å². The molecule has 1 aromatic heterocycles. The Balaban J connectivity index is 2.38. The molecule has 82 valence electrons. The van der Waals surface area contributed by atoms with Gasteiger partial charge in [-0.05, 0) is 24.9 Å². The van der Waals surface area contributed by atoms with Gasteiger partial charge in [-0.1, -0.05) is 6.92 Å². The van der Waals surface area contributed by atoms with Gasteiger partial charge in [-0.25, -0.2) is 9.97 Å². The molecule has 0 bridgehead atoms. The molecule has 0 amide bonds. The Morgan fingerprint density at radius 2 is 2.27 bits per heavy atom. The average molecular weight is 207 g/mol. The molecule has 0 spiro atoms. The molecular weight excluding hydrogens is 190 g/mol. The summed E-state index contributed by atoms with van der Waals surface area (Å²) >= 11 is 0. The zero-order valence-electron chi connectivity index (χ0n) is 9.34. The van der Waals surface area contributed by atoms with E-state index in [2.05, 4.69) is 22.2 Å². The van der Waals surface area contributed by atoms with Crippen LogP contribution in [0.4, 0.5) is 0 Å². The molecule has 0 saturated carbocycles. The zero-order valence-corrected chi connectivity index (χ0v) is 9.34. The van der Waals surface area contributed by atoms with Crippen LogP contribution in [-0.2, 0) is 30.7 Å². The third-order valence-corrected chi connectivity index (χ3v) is 2.68. The summed E-state index contributed by atoms with van der Waals surface area (Å²) in [5.74, 6) is 0.803. The standard InChI is InChI=1S/C11H17N3O/c1-3-9-8-4-5-12-6-10(8)14-11(13-9)7-15-2/h12H,3-7H2,1-2H3. The highest BCUT2D eigenvalue weighted by atomic mass is 16.5. The first-order valence-electron chi connectivity index (χ1n) is 5.42. The molecule has 2 rings (SSSR count). The summed E-state index contributed by atoms with van der Waals surface area (Å²) in [4.78, 5) is 9.04. The number of nitrogens with one attached hydrogen (secondary N) is 1. The Kier molecular flexibility index (Phi) is 3.28. The number of nitrogens with zero attached hydrogens (tertiary/aromatic N) is 2. The maximum atomic E-state index is 5.07. The first-order chi connectivity index (χ1) is 7.35. The molecule has 0 aromatic carbocycles. The molecule has 15 heavy (non-hydrogen) atoms. The van der Waals surface area contributed by atoms with Crippen LogP contribution in [0, 0.1) is 0 Å². The van der Waals surface area contributed by atoms with E-state index >= 15 is 0 Å². The second kappa shape index (κ2) is 4.68. The number of aryl methyl sites for hydroxylation is 1. The van der Waals surface area contributed by atoms with Crippen LogP contribution in [0.15, 0.2) is 0 Å². The van der Waals surface area contributed by atoms with Crippen LogP contribution in [0.1, 0.15) is 29.7 Å². The first-order valence-corrected chi connectivity index (χ1v) is 5.42. The van der Waals surface area contributed by atoms with E-state index in [1.807, 2.05) is 0 Å². The second-order valence-electron chi connectivity index (χ2n) is 3.73. The summed E-state index contributed by atoms with van der Waals surface area (Å²) in [7, 11) is 1.67. The predicted octanol–water partition coefficient (Wildman–Crippen LogP) is 0.831. The highest BCUT2D eigenvalue weighted by Crippen LogP contribution is 2.16. The molecule has 0 atom stereocenters. The van der Waals surface area contributed by atoms with Crippen molar-refractivity contribution in [2.45, 2.75) is 32.9 Å². The van der Waals surface area contributed by atoms with Gasteiger partial charge in [0, 0.05) is 19.3 Å². The van der Waals surface area contributed by atoms with Gasteiger partial charge in [-0.15, -0.1) is 0 Å². The van der Waals surface area contributed by atoms with Gasteiger partial charge in [-0.2, -0.15) is 0 Å². The molecule has 4 nitrogen and oxygen atoms in total. The fourth-order valence-electron chi connectivity index (χ4n) is 1.98. The number of fused-ring (bicyclic) bond motifs is 1. The SMILES string of the molecule is CCc1nc(COC)nc2c1CCNC2. The third-order valence-electron chi connectivity index (χ3n) is 2.68. The van der Waals surface area contributed by atoms with E-state index in [1.54, 1.807) is 7.11 Å². The summed E-state index contributed by atoms with van der Waals surface area (Å²) in [5.41, 5.74) is 3.69. The maximum absolute atomic E-state index is 5.07. The van der Waals surface area contributed by atoms with Gasteiger partial charge in [0.2, 0.25) is 0 Å². The molecule has 1 aliphatic heterocycles. The number of methoxy groups -OCH3 is 1. The Hall–Kier alpha value is -1.00. The Morgan fingerprint density at radius 1 is 1.40 bits per heavy atom. The summed E-state index contributed by atoms with van der Waals surface area (Å²) < 4.78 is 5.07. The molecule has 0 radical (unpaired) electrons. The van der Waals surface area contributed by atoms with Crippen molar-refractivity contribution >= 4 is 0 Å². The molecular formula is C11H17N3O. The van der Waals surface area contributed by atoms with E-state index in [-0.39, 0.29) is 0 Å². The van der Waals surface area contributed by atoms with Crippen molar-refractivity contribution in [3.8, 4) is 0 Å². The number of rotatable bonds is 3. The fraction of sp³-hybridized carbons (Fsp3) is 0.636. The number of aromatic nitrogens is 2. The lowest BCUT2D eigenvalue weighted by Gasteiger charge is -2.19. The lowest BCUT2D eigenvalue weighted by atomic mass is 10.0. The smallest absolute Gasteiger partial charge is 0.154 e. The van der Waals surface area contributed by atoms with E-state index in [9.17, 15) is 0 Å². The molecule has 0 saturated heterocycles. The highest BCUT2D eigenvalue weighted by Gasteiger charge is 2.15. The van der Waals surface area contributed by atoms with Crippen molar-refractivity contribution in [2.24, 2.45) is 0 Å². The van der Waals surface area contributed by atoms with Gasteiger partial charge < -0.3 is 10.1 Å². The molecule has 2 heterocycles. The summed E-state index contributed by atoms with van der Waals surface area (Å²) in [6.45, 7) is 4.54. The van der Waals surface area contributed by atoms with E-state index < -0.39 is 0 Å². The molecule has 0 unspecified atom stereocenters. The Morgan fingerprint density at radius 3 is 3.00 bits per heavy atom. The normalized spacial score (nSPS) is 15.1. The predicted molar refractivity (Wildman–Crippen MR) is 57.5 cm³/mol. The lowest BCUT2D eigenvalue weighted by Crippen LogP contribution is -2.27. The van der Waals surface area contributed by atoms with E-state index in [0.717, 1.165) is 37.4 Å². The highest BCUT2D eigenvalue weighted by molar-refractivity contribution is 5.28. The van der Waals surface area contributed by atoms with Crippen molar-refractivity contribution < 1.29 is 4.74 Å². The molecule has 1 N–H and O–H groups in total. The van der Waals surface area contributed by atoms with Crippen molar-refractivity contribution in [2.75, 3.05) is 13.7 Å². The van der Waals surface area contributed by atoms with E-state index in [4.69, 9.17) is 4.74 Å². The van der Waals surface area contributed by atoms with Crippen molar-refractivity contribution in [3.63, 3.8) is 0 Å². The number of ether oxygens (including phenoxy) is 1. The van der Waals surface area contributed by atoms with Crippen LogP contribution >= 0.6 is 0 Å². The molecule has 1 aromatic rings. The quantitative estimate of drug-likeness (QED) is 0.797. The largest absolute Gasteiger partial charge is 0.377 e. The first kappa shape index (κ1) is 10.5. The third kappa shape index (κ3) is 2.16. The Labute approximate surface area is 90.1 Å². The van der Waals surface area contributed by atoms with Gasteiger partial charge in [0.1, 0.15) is 6.61 Å². The topological polar surface area (TPSA) is 47.0 Å². The van der Waals surface area contributed by atoms with Crippen molar-refractivity contribution in [3.05, 3.63) is 22.8 Å². The zero-order chi connectivity index (χ0) is 10.7. The van der Waals surface area contributed by atoms with Crippen LogP contribution in [0.3, 0.4) is 0 Å². The van der Waals surface area contributed by atoms with Crippen LogP contribution in [0.25, 0.3) is 0 Å². The summed E-state index contributed by atoms with van der Waals surface area (Å²) in [5, 5.41) is 3.33. The van der Waals surface area contributed by atoms with E-state index in [1.165, 1.54) is 11.3 Å². The number of hydrogen-bond acceptors (Lipinski definition) is 4. The van der Waals surface area contributed by atoms with Crippen LogP contribution in [0.5, 0.6) is 0 Å². The minimum Gasteiger partial charge on any atom is -0.377 e. The maximum Gasteiger partial charge on any atom is 0.154 e.